The first-order valence-corrected chi connectivity index (χ1v) is 7.48. The van der Waals surface area contributed by atoms with E-state index in [1.54, 1.807) is 6.07 Å². The molecule has 0 saturated heterocycles. The molecular formula is C18H23FN2. The summed E-state index contributed by atoms with van der Waals surface area (Å²) in [6.45, 7) is 3.67. The molecule has 0 amide bonds. The van der Waals surface area contributed by atoms with Crippen LogP contribution in [0.3, 0.4) is 0 Å². The minimum absolute atomic E-state index is 0.153. The second kappa shape index (κ2) is 7.79. The molecule has 2 aromatic rings. The summed E-state index contributed by atoms with van der Waals surface area (Å²) < 4.78 is 13.9. The van der Waals surface area contributed by atoms with Crippen molar-refractivity contribution in [2.75, 3.05) is 25.0 Å². The zero-order valence-corrected chi connectivity index (χ0v) is 12.7. The van der Waals surface area contributed by atoms with Crippen molar-refractivity contribution in [2.24, 2.45) is 0 Å². The fraction of sp³-hybridized carbons (Fsp3) is 0.333. The molecule has 1 atom stereocenters. The molecule has 0 aliphatic carbocycles. The predicted octanol–water partition coefficient (Wildman–Crippen LogP) is 4.00. The van der Waals surface area contributed by atoms with E-state index in [0.717, 1.165) is 19.5 Å². The molecule has 2 rings (SSSR count). The highest BCUT2D eigenvalue weighted by molar-refractivity contribution is 5.47. The Morgan fingerprint density at radius 2 is 1.71 bits per heavy atom. The SMILES string of the molecule is CCN(CCC(NC)c1ccccc1)c1ccccc1F. The number of nitrogens with one attached hydrogen (secondary N) is 1. The van der Waals surface area contributed by atoms with Gasteiger partial charge in [-0.1, -0.05) is 42.5 Å². The third kappa shape index (κ3) is 4.05. The highest BCUT2D eigenvalue weighted by Crippen LogP contribution is 2.21. The lowest BCUT2D eigenvalue weighted by atomic mass is 10.0. The second-order valence-electron chi connectivity index (χ2n) is 5.07. The normalized spacial score (nSPS) is 12.1. The molecule has 0 bridgehead atoms. The maximum absolute atomic E-state index is 13.9. The summed E-state index contributed by atoms with van der Waals surface area (Å²) in [5, 5.41) is 3.34. The number of hydrogen-bond acceptors (Lipinski definition) is 2. The molecule has 2 nitrogen and oxygen atoms in total. The van der Waals surface area contributed by atoms with Crippen molar-refractivity contribution in [3.05, 3.63) is 66.0 Å². The Balaban J connectivity index is 2.04. The van der Waals surface area contributed by atoms with Crippen LogP contribution in [-0.4, -0.2) is 20.1 Å². The lowest BCUT2D eigenvalue weighted by Crippen LogP contribution is -2.28. The van der Waals surface area contributed by atoms with Crippen LogP contribution in [-0.2, 0) is 0 Å². The lowest BCUT2D eigenvalue weighted by molar-refractivity contribution is 0.538. The Hall–Kier alpha value is -1.87. The van der Waals surface area contributed by atoms with Gasteiger partial charge in [-0.3, -0.25) is 0 Å². The number of rotatable bonds is 7. The summed E-state index contributed by atoms with van der Waals surface area (Å²) in [6, 6.07) is 17.6. The Labute approximate surface area is 126 Å². The van der Waals surface area contributed by atoms with Crippen LogP contribution in [0, 0.1) is 5.82 Å². The second-order valence-corrected chi connectivity index (χ2v) is 5.07. The zero-order chi connectivity index (χ0) is 15.1. The van der Waals surface area contributed by atoms with E-state index in [-0.39, 0.29) is 11.9 Å². The van der Waals surface area contributed by atoms with E-state index in [1.165, 1.54) is 11.6 Å². The molecule has 0 saturated carbocycles. The Bertz CT molecular complexity index is 542. The van der Waals surface area contributed by atoms with Gasteiger partial charge in [-0.05, 0) is 38.1 Å². The number of halogens is 1. The zero-order valence-electron chi connectivity index (χ0n) is 12.7. The topological polar surface area (TPSA) is 15.3 Å². The predicted molar refractivity (Wildman–Crippen MR) is 87.1 cm³/mol. The minimum Gasteiger partial charge on any atom is -0.369 e. The van der Waals surface area contributed by atoms with Crippen LogP contribution in [0.5, 0.6) is 0 Å². The van der Waals surface area contributed by atoms with Crippen LogP contribution in [0.25, 0.3) is 0 Å². The fourth-order valence-corrected chi connectivity index (χ4v) is 2.61. The van der Waals surface area contributed by atoms with Crippen LogP contribution in [0.1, 0.15) is 24.9 Å². The van der Waals surface area contributed by atoms with Crippen molar-refractivity contribution in [1.82, 2.24) is 5.32 Å². The highest BCUT2D eigenvalue weighted by atomic mass is 19.1. The molecule has 0 radical (unpaired) electrons. The van der Waals surface area contributed by atoms with Gasteiger partial charge >= 0.3 is 0 Å². The van der Waals surface area contributed by atoms with Crippen molar-refractivity contribution < 1.29 is 4.39 Å². The van der Waals surface area contributed by atoms with Gasteiger partial charge in [-0.25, -0.2) is 4.39 Å². The summed E-state index contributed by atoms with van der Waals surface area (Å²) >= 11 is 0. The Morgan fingerprint density at radius 1 is 1.05 bits per heavy atom. The summed E-state index contributed by atoms with van der Waals surface area (Å²) in [6.07, 6.45) is 0.933. The summed E-state index contributed by atoms with van der Waals surface area (Å²) in [7, 11) is 1.97. The summed E-state index contributed by atoms with van der Waals surface area (Å²) in [4.78, 5) is 2.09. The molecule has 2 aromatic carbocycles. The van der Waals surface area contributed by atoms with Gasteiger partial charge in [0, 0.05) is 19.1 Å². The van der Waals surface area contributed by atoms with Gasteiger partial charge in [0.25, 0.3) is 0 Å². The molecule has 112 valence electrons. The molecule has 1 N–H and O–H groups in total. The number of nitrogens with zero attached hydrogens (tertiary/aromatic N) is 1. The monoisotopic (exact) mass is 286 g/mol. The number of benzene rings is 2. The molecule has 0 fully saturated rings. The van der Waals surface area contributed by atoms with E-state index in [0.29, 0.717) is 5.69 Å². The van der Waals surface area contributed by atoms with Crippen molar-refractivity contribution in [1.29, 1.82) is 0 Å². The van der Waals surface area contributed by atoms with Crippen LogP contribution in [0.4, 0.5) is 10.1 Å². The number of hydrogen-bond donors (Lipinski definition) is 1. The van der Waals surface area contributed by atoms with E-state index in [4.69, 9.17) is 0 Å². The molecule has 0 aliphatic rings. The molecule has 3 heteroatoms. The molecule has 0 heterocycles. The van der Waals surface area contributed by atoms with Crippen molar-refractivity contribution in [2.45, 2.75) is 19.4 Å². The highest BCUT2D eigenvalue weighted by Gasteiger charge is 2.13. The van der Waals surface area contributed by atoms with Gasteiger partial charge in [0.2, 0.25) is 0 Å². The minimum atomic E-state index is -0.153. The average Bonchev–Trinajstić information content (AvgIpc) is 2.54. The van der Waals surface area contributed by atoms with Gasteiger partial charge in [0.15, 0.2) is 0 Å². The number of anilines is 1. The molecule has 1 unspecified atom stereocenters. The maximum Gasteiger partial charge on any atom is 0.146 e. The average molecular weight is 286 g/mol. The lowest BCUT2D eigenvalue weighted by Gasteiger charge is -2.26. The van der Waals surface area contributed by atoms with E-state index in [2.05, 4.69) is 29.3 Å². The van der Waals surface area contributed by atoms with Crippen molar-refractivity contribution in [3.8, 4) is 0 Å². The molecule has 0 aliphatic heterocycles. The van der Waals surface area contributed by atoms with E-state index in [1.807, 2.05) is 37.4 Å². The standard InChI is InChI=1S/C18H23FN2/c1-3-21(18-12-8-7-11-16(18)19)14-13-17(20-2)15-9-5-4-6-10-15/h4-12,17,20H,3,13-14H2,1-2H3. The quantitative estimate of drug-likeness (QED) is 0.827. The van der Waals surface area contributed by atoms with E-state index >= 15 is 0 Å². The molecule has 0 aromatic heterocycles. The van der Waals surface area contributed by atoms with Gasteiger partial charge in [-0.15, -0.1) is 0 Å². The van der Waals surface area contributed by atoms with Crippen molar-refractivity contribution in [3.63, 3.8) is 0 Å². The largest absolute Gasteiger partial charge is 0.369 e. The first-order chi connectivity index (χ1) is 10.3. The number of para-hydroxylation sites is 1. The van der Waals surface area contributed by atoms with Crippen LogP contribution >= 0.6 is 0 Å². The van der Waals surface area contributed by atoms with Gasteiger partial charge in [0.1, 0.15) is 5.82 Å². The molecular weight excluding hydrogens is 263 g/mol. The Kier molecular flexibility index (Phi) is 5.76. The molecule has 21 heavy (non-hydrogen) atoms. The van der Waals surface area contributed by atoms with Crippen LogP contribution < -0.4 is 10.2 Å². The molecule has 0 spiro atoms. The first-order valence-electron chi connectivity index (χ1n) is 7.48. The van der Waals surface area contributed by atoms with Crippen LogP contribution in [0.15, 0.2) is 54.6 Å². The maximum atomic E-state index is 13.9. The summed E-state index contributed by atoms with van der Waals surface area (Å²) in [5.41, 5.74) is 1.95. The van der Waals surface area contributed by atoms with Gasteiger partial charge < -0.3 is 10.2 Å². The smallest absolute Gasteiger partial charge is 0.146 e. The fourth-order valence-electron chi connectivity index (χ4n) is 2.61. The third-order valence-electron chi connectivity index (χ3n) is 3.81. The van der Waals surface area contributed by atoms with E-state index in [9.17, 15) is 4.39 Å². The van der Waals surface area contributed by atoms with Gasteiger partial charge in [-0.2, -0.15) is 0 Å². The third-order valence-corrected chi connectivity index (χ3v) is 3.81. The summed E-state index contributed by atoms with van der Waals surface area (Å²) in [5.74, 6) is -0.153. The van der Waals surface area contributed by atoms with Gasteiger partial charge in [0.05, 0.1) is 5.69 Å². The van der Waals surface area contributed by atoms with Crippen molar-refractivity contribution >= 4 is 5.69 Å². The van der Waals surface area contributed by atoms with Crippen LogP contribution in [0.2, 0.25) is 0 Å². The Morgan fingerprint density at radius 3 is 2.33 bits per heavy atom. The van der Waals surface area contributed by atoms with E-state index < -0.39 is 0 Å². The first kappa shape index (κ1) is 15.5.